The third-order valence-corrected chi connectivity index (χ3v) is 7.40. The Kier molecular flexibility index (Phi) is 6.39. The Morgan fingerprint density at radius 3 is 2.56 bits per heavy atom. The van der Waals surface area contributed by atoms with Gasteiger partial charge in [-0.25, -0.2) is 13.2 Å². The summed E-state index contributed by atoms with van der Waals surface area (Å²) >= 11 is 5.87. The van der Waals surface area contributed by atoms with Gasteiger partial charge in [-0.2, -0.15) is 0 Å². The van der Waals surface area contributed by atoms with E-state index in [9.17, 15) is 13.2 Å². The quantitative estimate of drug-likeness (QED) is 0.480. The number of esters is 1. The fraction of sp³-hybridized carbons (Fsp3) is 0.208. The summed E-state index contributed by atoms with van der Waals surface area (Å²) in [6, 6.07) is 18.6. The van der Waals surface area contributed by atoms with E-state index in [1.807, 2.05) is 18.2 Å². The van der Waals surface area contributed by atoms with Gasteiger partial charge in [0.2, 0.25) is 0 Å². The van der Waals surface area contributed by atoms with Crippen LogP contribution in [0.15, 0.2) is 71.6 Å². The highest BCUT2D eigenvalue weighted by Gasteiger charge is 2.32. The standard InChI is InChI=1S/C24H22ClNO5S/c1-30-22-13-10-19(24(27)31-16-17-8-11-20(25)12-9-17)15-23(22)32(28,29)26-14-4-6-18-5-2-3-7-21(18)26/h2-3,5,7-13,15H,4,6,14,16H2,1H3. The molecule has 6 nitrogen and oxygen atoms in total. The highest BCUT2D eigenvalue weighted by molar-refractivity contribution is 7.93. The second-order valence-corrected chi connectivity index (χ2v) is 9.64. The molecule has 0 atom stereocenters. The van der Waals surface area contributed by atoms with E-state index in [-0.39, 0.29) is 22.8 Å². The Hall–Kier alpha value is -3.03. The Morgan fingerprint density at radius 2 is 1.81 bits per heavy atom. The SMILES string of the molecule is COc1ccc(C(=O)OCc2ccc(Cl)cc2)cc1S(=O)(=O)N1CCCc2ccccc21. The summed E-state index contributed by atoms with van der Waals surface area (Å²) in [7, 11) is -2.56. The van der Waals surface area contributed by atoms with E-state index in [2.05, 4.69) is 0 Å². The van der Waals surface area contributed by atoms with Crippen molar-refractivity contribution in [1.82, 2.24) is 0 Å². The highest BCUT2D eigenvalue weighted by atomic mass is 35.5. The first-order valence-corrected chi connectivity index (χ1v) is 11.9. The summed E-state index contributed by atoms with van der Waals surface area (Å²) in [5.41, 5.74) is 2.52. The summed E-state index contributed by atoms with van der Waals surface area (Å²) in [6.45, 7) is 0.400. The molecule has 8 heteroatoms. The van der Waals surface area contributed by atoms with Crippen molar-refractivity contribution in [3.8, 4) is 5.75 Å². The number of carbonyl (C=O) groups is 1. The molecule has 0 unspecified atom stereocenters. The molecular weight excluding hydrogens is 450 g/mol. The van der Waals surface area contributed by atoms with Crippen molar-refractivity contribution < 1.29 is 22.7 Å². The van der Waals surface area contributed by atoms with Crippen LogP contribution in [0.2, 0.25) is 5.02 Å². The lowest BCUT2D eigenvalue weighted by Crippen LogP contribution is -2.35. The van der Waals surface area contributed by atoms with E-state index in [1.165, 1.54) is 29.6 Å². The average molecular weight is 472 g/mol. The molecule has 166 valence electrons. The molecule has 3 aromatic carbocycles. The summed E-state index contributed by atoms with van der Waals surface area (Å²) < 4.78 is 39.3. The summed E-state index contributed by atoms with van der Waals surface area (Å²) in [5.74, 6) is -0.458. The zero-order valence-electron chi connectivity index (χ0n) is 17.5. The molecule has 0 aromatic heterocycles. The average Bonchev–Trinajstić information content (AvgIpc) is 2.82. The number of sulfonamides is 1. The number of halogens is 1. The van der Waals surface area contributed by atoms with Gasteiger partial charge in [0.25, 0.3) is 10.0 Å². The van der Waals surface area contributed by atoms with Crippen LogP contribution in [0.3, 0.4) is 0 Å². The fourth-order valence-electron chi connectivity index (χ4n) is 3.69. The molecule has 0 aliphatic carbocycles. The number of rotatable bonds is 6. The molecule has 4 rings (SSSR count). The second kappa shape index (κ2) is 9.22. The van der Waals surface area contributed by atoms with Crippen molar-refractivity contribution >= 4 is 33.3 Å². The molecule has 0 spiro atoms. The van der Waals surface area contributed by atoms with Crippen LogP contribution in [0.25, 0.3) is 0 Å². The van der Waals surface area contributed by atoms with E-state index < -0.39 is 16.0 Å². The number of ether oxygens (including phenoxy) is 2. The van der Waals surface area contributed by atoms with Gasteiger partial charge in [-0.3, -0.25) is 4.31 Å². The van der Waals surface area contributed by atoms with Crippen molar-refractivity contribution in [2.75, 3.05) is 18.0 Å². The maximum atomic E-state index is 13.6. The van der Waals surface area contributed by atoms with Crippen molar-refractivity contribution in [1.29, 1.82) is 0 Å². The largest absolute Gasteiger partial charge is 0.495 e. The van der Waals surface area contributed by atoms with Gasteiger partial charge in [0.15, 0.2) is 0 Å². The predicted molar refractivity (Wildman–Crippen MR) is 123 cm³/mol. The molecule has 1 heterocycles. The molecule has 1 aliphatic heterocycles. The smallest absolute Gasteiger partial charge is 0.338 e. The van der Waals surface area contributed by atoms with Crippen LogP contribution in [0, 0.1) is 0 Å². The first-order valence-electron chi connectivity index (χ1n) is 10.1. The minimum atomic E-state index is -3.96. The summed E-state index contributed by atoms with van der Waals surface area (Å²) in [4.78, 5) is 12.6. The number of methoxy groups -OCH3 is 1. The van der Waals surface area contributed by atoms with Crippen LogP contribution in [0.1, 0.15) is 27.9 Å². The van der Waals surface area contributed by atoms with E-state index in [4.69, 9.17) is 21.1 Å². The third kappa shape index (κ3) is 4.45. The highest BCUT2D eigenvalue weighted by Crippen LogP contribution is 2.35. The molecule has 32 heavy (non-hydrogen) atoms. The van der Waals surface area contributed by atoms with Gasteiger partial charge >= 0.3 is 5.97 Å². The number of fused-ring (bicyclic) bond motifs is 1. The first kappa shape index (κ1) is 22.2. The first-order chi connectivity index (χ1) is 15.4. The van der Waals surface area contributed by atoms with Crippen molar-refractivity contribution in [3.05, 3.63) is 88.4 Å². The molecule has 0 fully saturated rings. The number of para-hydroxylation sites is 1. The number of benzene rings is 3. The fourth-order valence-corrected chi connectivity index (χ4v) is 5.54. The van der Waals surface area contributed by atoms with Crippen LogP contribution in [0.4, 0.5) is 5.69 Å². The van der Waals surface area contributed by atoms with E-state index >= 15 is 0 Å². The van der Waals surface area contributed by atoms with Gasteiger partial charge in [-0.05, 0) is 60.4 Å². The van der Waals surface area contributed by atoms with Crippen molar-refractivity contribution in [2.24, 2.45) is 0 Å². The lowest BCUT2D eigenvalue weighted by atomic mass is 10.0. The lowest BCUT2D eigenvalue weighted by molar-refractivity contribution is 0.0472. The lowest BCUT2D eigenvalue weighted by Gasteiger charge is -2.30. The van der Waals surface area contributed by atoms with Crippen molar-refractivity contribution in [2.45, 2.75) is 24.3 Å². The maximum Gasteiger partial charge on any atom is 0.338 e. The number of anilines is 1. The van der Waals surface area contributed by atoms with Gasteiger partial charge in [0, 0.05) is 11.6 Å². The molecule has 0 bridgehead atoms. The number of hydrogen-bond acceptors (Lipinski definition) is 5. The van der Waals surface area contributed by atoms with Crippen LogP contribution in [-0.4, -0.2) is 28.0 Å². The van der Waals surface area contributed by atoms with E-state index in [1.54, 1.807) is 30.3 Å². The Bertz CT molecular complexity index is 1240. The molecule has 0 radical (unpaired) electrons. The van der Waals surface area contributed by atoms with Crippen LogP contribution in [-0.2, 0) is 27.8 Å². The zero-order chi connectivity index (χ0) is 22.7. The van der Waals surface area contributed by atoms with Crippen LogP contribution >= 0.6 is 11.6 Å². The normalized spacial score (nSPS) is 13.4. The summed E-state index contributed by atoms with van der Waals surface area (Å²) in [6.07, 6.45) is 1.53. The minimum absolute atomic E-state index is 0.0453. The van der Waals surface area contributed by atoms with Gasteiger partial charge < -0.3 is 9.47 Å². The third-order valence-electron chi connectivity index (χ3n) is 5.32. The number of aryl methyl sites for hydroxylation is 1. The van der Waals surface area contributed by atoms with Gasteiger partial charge in [-0.1, -0.05) is 41.9 Å². The zero-order valence-corrected chi connectivity index (χ0v) is 19.0. The van der Waals surface area contributed by atoms with E-state index in [0.717, 1.165) is 17.5 Å². The van der Waals surface area contributed by atoms with Gasteiger partial charge in [-0.15, -0.1) is 0 Å². The number of hydrogen-bond donors (Lipinski definition) is 0. The van der Waals surface area contributed by atoms with E-state index in [0.29, 0.717) is 23.7 Å². The molecule has 0 N–H and O–H groups in total. The van der Waals surface area contributed by atoms with Gasteiger partial charge in [0.05, 0.1) is 18.4 Å². The minimum Gasteiger partial charge on any atom is -0.495 e. The monoisotopic (exact) mass is 471 g/mol. The topological polar surface area (TPSA) is 72.9 Å². The molecule has 3 aromatic rings. The molecule has 0 saturated heterocycles. The Morgan fingerprint density at radius 1 is 1.06 bits per heavy atom. The van der Waals surface area contributed by atoms with Crippen LogP contribution < -0.4 is 9.04 Å². The number of carbonyl (C=O) groups excluding carboxylic acids is 1. The van der Waals surface area contributed by atoms with Crippen molar-refractivity contribution in [3.63, 3.8) is 0 Å². The maximum absolute atomic E-state index is 13.6. The predicted octanol–water partition coefficient (Wildman–Crippen LogP) is 4.85. The summed E-state index contributed by atoms with van der Waals surface area (Å²) in [5, 5.41) is 0.587. The molecule has 0 amide bonds. The van der Waals surface area contributed by atoms with Crippen LogP contribution in [0.5, 0.6) is 5.75 Å². The Labute approximate surface area is 192 Å². The molecule has 1 aliphatic rings. The number of nitrogens with zero attached hydrogens (tertiary/aromatic N) is 1. The molecule has 0 saturated carbocycles. The molecular formula is C24H22ClNO5S. The second-order valence-electron chi connectivity index (χ2n) is 7.38. The van der Waals surface area contributed by atoms with Gasteiger partial charge in [0.1, 0.15) is 17.3 Å². The Balaban J connectivity index is 1.63.